The van der Waals surface area contributed by atoms with E-state index in [1.54, 1.807) is 17.2 Å². The first-order chi connectivity index (χ1) is 9.04. The van der Waals surface area contributed by atoms with Gasteiger partial charge in [0.05, 0.1) is 12.2 Å². The predicted molar refractivity (Wildman–Crippen MR) is 70.6 cm³/mol. The third kappa shape index (κ3) is 4.95. The molecule has 0 bridgehead atoms. The Bertz CT molecular complexity index is 422. The van der Waals surface area contributed by atoms with Gasteiger partial charge in [-0.25, -0.2) is 4.79 Å². The molecule has 104 valence electrons. The lowest BCUT2D eigenvalue weighted by Gasteiger charge is -2.23. The van der Waals surface area contributed by atoms with Crippen molar-refractivity contribution in [2.45, 2.75) is 32.9 Å². The monoisotopic (exact) mass is 265 g/mol. The summed E-state index contributed by atoms with van der Waals surface area (Å²) in [6, 6.07) is 4.19. The highest BCUT2D eigenvalue weighted by Crippen LogP contribution is 2.03. The Morgan fingerprint density at radius 1 is 1.47 bits per heavy atom. The third-order valence-corrected chi connectivity index (χ3v) is 2.57. The maximum Gasteiger partial charge on any atom is 0.325 e. The normalized spacial score (nSPS) is 11.7. The van der Waals surface area contributed by atoms with E-state index >= 15 is 0 Å². The van der Waals surface area contributed by atoms with E-state index in [1.165, 1.54) is 6.92 Å². The minimum atomic E-state index is -1.05. The van der Waals surface area contributed by atoms with Gasteiger partial charge in [0.15, 0.2) is 0 Å². The number of urea groups is 1. The largest absolute Gasteiger partial charge is 0.480 e. The number of aromatic nitrogens is 1. The van der Waals surface area contributed by atoms with Crippen LogP contribution in [0, 0.1) is 0 Å². The van der Waals surface area contributed by atoms with Crippen molar-refractivity contribution < 1.29 is 14.7 Å². The van der Waals surface area contributed by atoms with E-state index in [0.29, 0.717) is 13.1 Å². The molecule has 19 heavy (non-hydrogen) atoms. The van der Waals surface area contributed by atoms with E-state index in [-0.39, 0.29) is 6.03 Å². The lowest BCUT2D eigenvalue weighted by atomic mass is 10.3. The Labute approximate surface area is 112 Å². The molecule has 0 saturated heterocycles. The van der Waals surface area contributed by atoms with Crippen LogP contribution in [0.5, 0.6) is 0 Å². The molecule has 0 spiro atoms. The van der Waals surface area contributed by atoms with Gasteiger partial charge in [-0.2, -0.15) is 0 Å². The van der Waals surface area contributed by atoms with Crippen molar-refractivity contribution in [3.63, 3.8) is 0 Å². The molecule has 1 rings (SSSR count). The first-order valence-corrected chi connectivity index (χ1v) is 6.22. The zero-order valence-electron chi connectivity index (χ0n) is 11.2. The summed E-state index contributed by atoms with van der Waals surface area (Å²) >= 11 is 0. The van der Waals surface area contributed by atoms with Crippen LogP contribution in [-0.4, -0.2) is 39.6 Å². The van der Waals surface area contributed by atoms with Gasteiger partial charge in [-0.3, -0.25) is 9.78 Å². The van der Waals surface area contributed by atoms with Crippen LogP contribution in [0.4, 0.5) is 4.79 Å². The van der Waals surface area contributed by atoms with Crippen molar-refractivity contribution in [1.82, 2.24) is 15.2 Å². The van der Waals surface area contributed by atoms with Crippen LogP contribution in [0.15, 0.2) is 24.4 Å². The Balaban J connectivity index is 2.66. The number of hydrogen-bond donors (Lipinski definition) is 2. The summed E-state index contributed by atoms with van der Waals surface area (Å²) in [5.41, 5.74) is 0.772. The molecule has 1 atom stereocenters. The molecule has 0 fully saturated rings. The summed E-state index contributed by atoms with van der Waals surface area (Å²) in [5.74, 6) is -1.05. The first-order valence-electron chi connectivity index (χ1n) is 6.22. The number of carbonyl (C=O) groups excluding carboxylic acids is 1. The minimum Gasteiger partial charge on any atom is -0.480 e. The standard InChI is InChI=1S/C13H19N3O3/c1-3-8-16(9-11-6-4-5-7-14-11)13(19)15-10(2)12(17)18/h4-7,10H,3,8-9H2,1-2H3,(H,15,19)(H,17,18). The summed E-state index contributed by atoms with van der Waals surface area (Å²) in [7, 11) is 0. The Kier molecular flexibility index (Phi) is 5.78. The average Bonchev–Trinajstić information content (AvgIpc) is 2.39. The van der Waals surface area contributed by atoms with Gasteiger partial charge in [-0.05, 0) is 25.5 Å². The topological polar surface area (TPSA) is 82.5 Å². The van der Waals surface area contributed by atoms with Crippen LogP contribution >= 0.6 is 0 Å². The molecule has 2 amide bonds. The average molecular weight is 265 g/mol. The van der Waals surface area contributed by atoms with Gasteiger partial charge in [-0.15, -0.1) is 0 Å². The highest BCUT2D eigenvalue weighted by atomic mass is 16.4. The van der Waals surface area contributed by atoms with Gasteiger partial charge in [0, 0.05) is 12.7 Å². The molecular weight excluding hydrogens is 246 g/mol. The van der Waals surface area contributed by atoms with E-state index in [0.717, 1.165) is 12.1 Å². The number of carbonyl (C=O) groups is 2. The first kappa shape index (κ1) is 14.9. The Morgan fingerprint density at radius 3 is 2.74 bits per heavy atom. The lowest BCUT2D eigenvalue weighted by Crippen LogP contribution is -2.46. The van der Waals surface area contributed by atoms with Gasteiger partial charge < -0.3 is 15.3 Å². The van der Waals surface area contributed by atoms with Gasteiger partial charge in [0.1, 0.15) is 6.04 Å². The molecule has 1 aromatic heterocycles. The quantitative estimate of drug-likeness (QED) is 0.816. The summed E-state index contributed by atoms with van der Waals surface area (Å²) in [4.78, 5) is 28.4. The third-order valence-electron chi connectivity index (χ3n) is 2.57. The number of hydrogen-bond acceptors (Lipinski definition) is 3. The van der Waals surface area contributed by atoms with Crippen LogP contribution in [0.3, 0.4) is 0 Å². The van der Waals surface area contributed by atoms with E-state index in [4.69, 9.17) is 5.11 Å². The number of carboxylic acids is 1. The maximum absolute atomic E-state index is 12.0. The van der Waals surface area contributed by atoms with Crippen molar-refractivity contribution in [3.05, 3.63) is 30.1 Å². The molecule has 1 aromatic rings. The lowest BCUT2D eigenvalue weighted by molar-refractivity contribution is -0.138. The number of carboxylic acid groups (broad SMARTS) is 1. The minimum absolute atomic E-state index is 0.368. The fourth-order valence-corrected chi connectivity index (χ4v) is 1.55. The number of aliphatic carboxylic acids is 1. The van der Waals surface area contributed by atoms with Crippen LogP contribution in [0.2, 0.25) is 0 Å². The molecule has 1 heterocycles. The van der Waals surface area contributed by atoms with Crippen LogP contribution in [0.25, 0.3) is 0 Å². The number of pyridine rings is 1. The van der Waals surface area contributed by atoms with Crippen molar-refractivity contribution >= 4 is 12.0 Å². The van der Waals surface area contributed by atoms with Crippen LogP contribution in [0.1, 0.15) is 26.0 Å². The number of rotatable bonds is 6. The van der Waals surface area contributed by atoms with E-state index in [1.807, 2.05) is 19.1 Å². The fourth-order valence-electron chi connectivity index (χ4n) is 1.55. The van der Waals surface area contributed by atoms with Crippen LogP contribution in [-0.2, 0) is 11.3 Å². The molecule has 1 unspecified atom stereocenters. The van der Waals surface area contributed by atoms with Crippen molar-refractivity contribution in [1.29, 1.82) is 0 Å². The number of nitrogens with zero attached hydrogens (tertiary/aromatic N) is 2. The maximum atomic E-state index is 12.0. The number of amides is 2. The Morgan fingerprint density at radius 2 is 2.21 bits per heavy atom. The van der Waals surface area contributed by atoms with Gasteiger partial charge >= 0.3 is 12.0 Å². The second-order valence-corrected chi connectivity index (χ2v) is 4.25. The van der Waals surface area contributed by atoms with Gasteiger partial charge in [0.2, 0.25) is 0 Å². The van der Waals surface area contributed by atoms with Crippen molar-refractivity contribution in [3.8, 4) is 0 Å². The summed E-state index contributed by atoms with van der Waals surface area (Å²) < 4.78 is 0. The van der Waals surface area contributed by atoms with Crippen LogP contribution < -0.4 is 5.32 Å². The molecule has 0 aromatic carbocycles. The second kappa shape index (κ2) is 7.35. The molecule has 0 aliphatic heterocycles. The SMILES string of the molecule is CCCN(Cc1ccccn1)C(=O)NC(C)C(=O)O. The molecule has 0 aliphatic carbocycles. The molecular formula is C13H19N3O3. The molecule has 6 heteroatoms. The molecule has 0 saturated carbocycles. The van der Waals surface area contributed by atoms with Crippen molar-refractivity contribution in [2.75, 3.05) is 6.54 Å². The van der Waals surface area contributed by atoms with E-state index in [9.17, 15) is 9.59 Å². The smallest absolute Gasteiger partial charge is 0.325 e. The summed E-state index contributed by atoms with van der Waals surface area (Å²) in [6.07, 6.45) is 2.46. The molecule has 0 aliphatic rings. The van der Waals surface area contributed by atoms with Gasteiger partial charge in [0.25, 0.3) is 0 Å². The highest BCUT2D eigenvalue weighted by molar-refractivity contribution is 5.82. The van der Waals surface area contributed by atoms with Crippen molar-refractivity contribution in [2.24, 2.45) is 0 Å². The fraction of sp³-hybridized carbons (Fsp3) is 0.462. The zero-order chi connectivity index (χ0) is 14.3. The summed E-state index contributed by atoms with van der Waals surface area (Å²) in [5, 5.41) is 11.2. The number of nitrogens with one attached hydrogen (secondary N) is 1. The molecule has 0 radical (unpaired) electrons. The second-order valence-electron chi connectivity index (χ2n) is 4.25. The Hall–Kier alpha value is -2.11. The van der Waals surface area contributed by atoms with E-state index in [2.05, 4.69) is 10.3 Å². The van der Waals surface area contributed by atoms with Gasteiger partial charge in [-0.1, -0.05) is 13.0 Å². The molecule has 6 nitrogen and oxygen atoms in total. The summed E-state index contributed by atoms with van der Waals surface area (Å²) in [6.45, 7) is 4.31. The molecule has 2 N–H and O–H groups in total. The highest BCUT2D eigenvalue weighted by Gasteiger charge is 2.19. The zero-order valence-corrected chi connectivity index (χ0v) is 11.2. The predicted octanol–water partition coefficient (Wildman–Crippen LogP) is 1.48. The van der Waals surface area contributed by atoms with E-state index < -0.39 is 12.0 Å².